The van der Waals surface area contributed by atoms with Crippen LogP contribution in [0.4, 0.5) is 0 Å². The largest absolute Gasteiger partial charge is 0.375 e. The van der Waals surface area contributed by atoms with Crippen molar-refractivity contribution in [2.24, 2.45) is 0 Å². The SMILES string of the molecule is CCC1CN(C(=O)CSc2nc3ccccc3c(=O)n2-c2ccc(C)cc2)CCO1. The minimum Gasteiger partial charge on any atom is -0.375 e. The molecule has 2 aromatic carbocycles. The summed E-state index contributed by atoms with van der Waals surface area (Å²) in [6, 6.07) is 15.1. The molecule has 156 valence electrons. The number of carbonyl (C=O) groups excluding carboxylic acids is 1. The maximum absolute atomic E-state index is 13.3. The Morgan fingerprint density at radius 3 is 2.73 bits per heavy atom. The van der Waals surface area contributed by atoms with Crippen LogP contribution >= 0.6 is 11.8 Å². The third kappa shape index (κ3) is 4.27. The molecule has 1 fully saturated rings. The number of amides is 1. The molecule has 3 aromatic rings. The van der Waals surface area contributed by atoms with Gasteiger partial charge in [0.15, 0.2) is 5.16 Å². The molecular formula is C23H25N3O3S. The monoisotopic (exact) mass is 423 g/mol. The van der Waals surface area contributed by atoms with E-state index >= 15 is 0 Å². The third-order valence-corrected chi connectivity index (χ3v) is 6.23. The minimum atomic E-state index is -0.128. The Bertz CT molecular complexity index is 1110. The van der Waals surface area contributed by atoms with Crippen molar-refractivity contribution in [3.63, 3.8) is 0 Å². The van der Waals surface area contributed by atoms with Gasteiger partial charge in [0.25, 0.3) is 5.56 Å². The van der Waals surface area contributed by atoms with Crippen LogP contribution in [0.1, 0.15) is 18.9 Å². The quantitative estimate of drug-likeness (QED) is 0.465. The van der Waals surface area contributed by atoms with Crippen LogP contribution < -0.4 is 5.56 Å². The molecule has 1 saturated heterocycles. The first-order valence-electron chi connectivity index (χ1n) is 10.2. The molecule has 7 heteroatoms. The number of nitrogens with zero attached hydrogens (tertiary/aromatic N) is 3. The van der Waals surface area contributed by atoms with E-state index in [1.165, 1.54) is 11.8 Å². The lowest BCUT2D eigenvalue weighted by Crippen LogP contribution is -2.46. The van der Waals surface area contributed by atoms with Gasteiger partial charge in [-0.15, -0.1) is 0 Å². The second kappa shape index (κ2) is 9.02. The molecule has 1 atom stereocenters. The van der Waals surface area contributed by atoms with Gasteiger partial charge in [-0.2, -0.15) is 0 Å². The second-order valence-corrected chi connectivity index (χ2v) is 8.36. The highest BCUT2D eigenvalue weighted by atomic mass is 32.2. The summed E-state index contributed by atoms with van der Waals surface area (Å²) >= 11 is 1.31. The van der Waals surface area contributed by atoms with Crippen molar-refractivity contribution in [3.8, 4) is 5.69 Å². The number of rotatable bonds is 5. The van der Waals surface area contributed by atoms with Crippen molar-refractivity contribution < 1.29 is 9.53 Å². The first-order chi connectivity index (χ1) is 14.6. The van der Waals surface area contributed by atoms with E-state index < -0.39 is 0 Å². The average molecular weight is 424 g/mol. The number of morpholine rings is 1. The Morgan fingerprint density at radius 2 is 1.97 bits per heavy atom. The highest BCUT2D eigenvalue weighted by Crippen LogP contribution is 2.22. The lowest BCUT2D eigenvalue weighted by atomic mass is 10.2. The van der Waals surface area contributed by atoms with E-state index in [0.717, 1.165) is 17.7 Å². The number of benzene rings is 2. The van der Waals surface area contributed by atoms with E-state index in [4.69, 9.17) is 9.72 Å². The Labute approximate surface area is 179 Å². The summed E-state index contributed by atoms with van der Waals surface area (Å²) in [7, 11) is 0. The molecule has 1 aliphatic heterocycles. The number of ether oxygens (including phenoxy) is 1. The van der Waals surface area contributed by atoms with Crippen molar-refractivity contribution in [2.75, 3.05) is 25.4 Å². The van der Waals surface area contributed by atoms with Gasteiger partial charge < -0.3 is 9.64 Å². The Morgan fingerprint density at radius 1 is 1.20 bits per heavy atom. The van der Waals surface area contributed by atoms with E-state index in [9.17, 15) is 9.59 Å². The first kappa shape index (κ1) is 20.6. The average Bonchev–Trinajstić information content (AvgIpc) is 2.78. The van der Waals surface area contributed by atoms with Gasteiger partial charge in [-0.3, -0.25) is 14.2 Å². The number of aromatic nitrogens is 2. The van der Waals surface area contributed by atoms with Gasteiger partial charge in [-0.25, -0.2) is 4.98 Å². The number of carbonyl (C=O) groups is 1. The van der Waals surface area contributed by atoms with Crippen LogP contribution in [0.15, 0.2) is 58.5 Å². The summed E-state index contributed by atoms with van der Waals surface area (Å²) in [5, 5.41) is 1.09. The van der Waals surface area contributed by atoms with Crippen LogP contribution in [-0.4, -0.2) is 51.9 Å². The summed E-state index contributed by atoms with van der Waals surface area (Å²) in [6.45, 7) is 5.85. The van der Waals surface area contributed by atoms with Crippen LogP contribution in [0.25, 0.3) is 16.6 Å². The molecule has 6 nitrogen and oxygen atoms in total. The Hall–Kier alpha value is -2.64. The van der Waals surface area contributed by atoms with Gasteiger partial charge in [-0.05, 0) is 37.6 Å². The summed E-state index contributed by atoms with van der Waals surface area (Å²) < 4.78 is 7.27. The zero-order chi connectivity index (χ0) is 21.1. The third-order valence-electron chi connectivity index (χ3n) is 5.31. The smallest absolute Gasteiger partial charge is 0.266 e. The molecular weight excluding hydrogens is 398 g/mol. The van der Waals surface area contributed by atoms with Crippen LogP contribution in [0.2, 0.25) is 0 Å². The van der Waals surface area contributed by atoms with Gasteiger partial charge in [-0.1, -0.05) is 48.5 Å². The number of para-hydroxylation sites is 1. The molecule has 1 amide bonds. The predicted octanol–water partition coefficient (Wildman–Crippen LogP) is 3.42. The van der Waals surface area contributed by atoms with E-state index in [0.29, 0.717) is 35.8 Å². The molecule has 0 aliphatic carbocycles. The molecule has 1 aromatic heterocycles. The molecule has 0 spiro atoms. The van der Waals surface area contributed by atoms with Crippen molar-refractivity contribution >= 4 is 28.6 Å². The molecule has 1 unspecified atom stereocenters. The molecule has 0 radical (unpaired) electrons. The minimum absolute atomic E-state index is 0.0413. The first-order valence-corrected chi connectivity index (χ1v) is 11.2. The molecule has 30 heavy (non-hydrogen) atoms. The number of hydrogen-bond acceptors (Lipinski definition) is 5. The van der Waals surface area contributed by atoms with E-state index in [2.05, 4.69) is 6.92 Å². The molecule has 1 aliphatic rings. The normalized spacial score (nSPS) is 16.7. The highest BCUT2D eigenvalue weighted by molar-refractivity contribution is 7.99. The summed E-state index contributed by atoms with van der Waals surface area (Å²) in [5.41, 5.74) is 2.37. The van der Waals surface area contributed by atoms with Crippen LogP contribution in [-0.2, 0) is 9.53 Å². The van der Waals surface area contributed by atoms with Gasteiger partial charge in [0.1, 0.15) is 0 Å². The zero-order valence-electron chi connectivity index (χ0n) is 17.2. The highest BCUT2D eigenvalue weighted by Gasteiger charge is 2.24. The molecule has 2 heterocycles. The van der Waals surface area contributed by atoms with E-state index in [1.54, 1.807) is 10.6 Å². The summed E-state index contributed by atoms with van der Waals surface area (Å²) in [5.74, 6) is 0.271. The fourth-order valence-corrected chi connectivity index (χ4v) is 4.46. The van der Waals surface area contributed by atoms with Crippen molar-refractivity contribution in [1.82, 2.24) is 14.5 Å². The van der Waals surface area contributed by atoms with E-state index in [-0.39, 0.29) is 23.3 Å². The Balaban J connectivity index is 1.65. The fourth-order valence-electron chi connectivity index (χ4n) is 3.54. The zero-order valence-corrected chi connectivity index (χ0v) is 18.0. The van der Waals surface area contributed by atoms with Crippen molar-refractivity contribution in [1.29, 1.82) is 0 Å². The Kier molecular flexibility index (Phi) is 6.20. The molecule has 0 saturated carbocycles. The van der Waals surface area contributed by atoms with Gasteiger partial charge >= 0.3 is 0 Å². The van der Waals surface area contributed by atoms with E-state index in [1.807, 2.05) is 54.3 Å². The molecule has 0 N–H and O–H groups in total. The second-order valence-electron chi connectivity index (χ2n) is 7.42. The van der Waals surface area contributed by atoms with Gasteiger partial charge in [0.05, 0.1) is 35.1 Å². The lowest BCUT2D eigenvalue weighted by Gasteiger charge is -2.32. The summed E-state index contributed by atoms with van der Waals surface area (Å²) in [6.07, 6.45) is 0.980. The lowest BCUT2D eigenvalue weighted by molar-refractivity contribution is -0.135. The topological polar surface area (TPSA) is 64.4 Å². The van der Waals surface area contributed by atoms with Gasteiger partial charge in [0.2, 0.25) is 5.91 Å². The fraction of sp³-hybridized carbons (Fsp3) is 0.348. The maximum Gasteiger partial charge on any atom is 0.266 e. The number of fused-ring (bicyclic) bond motifs is 1. The molecule has 0 bridgehead atoms. The van der Waals surface area contributed by atoms with Crippen LogP contribution in [0.5, 0.6) is 0 Å². The van der Waals surface area contributed by atoms with Crippen LogP contribution in [0.3, 0.4) is 0 Å². The standard InChI is InChI=1S/C23H25N3O3S/c1-3-18-14-25(12-13-29-18)21(27)15-30-23-24-20-7-5-4-6-19(20)22(28)26(23)17-10-8-16(2)9-11-17/h4-11,18H,3,12-15H2,1-2H3. The van der Waals surface area contributed by atoms with Crippen molar-refractivity contribution in [3.05, 3.63) is 64.4 Å². The number of hydrogen-bond donors (Lipinski definition) is 0. The maximum atomic E-state index is 13.3. The molecule has 4 rings (SSSR count). The summed E-state index contributed by atoms with van der Waals surface area (Å²) in [4.78, 5) is 32.6. The number of aryl methyl sites for hydroxylation is 1. The van der Waals surface area contributed by atoms with Crippen LogP contribution in [0, 0.1) is 6.92 Å². The predicted molar refractivity (Wildman–Crippen MR) is 119 cm³/mol. The van der Waals surface area contributed by atoms with Crippen molar-refractivity contribution in [2.45, 2.75) is 31.5 Å². The number of thioether (sulfide) groups is 1. The van der Waals surface area contributed by atoms with Gasteiger partial charge in [0, 0.05) is 13.1 Å².